The predicted molar refractivity (Wildman–Crippen MR) is 28.9 cm³/mol. The van der Waals surface area contributed by atoms with Crippen molar-refractivity contribution >= 4 is 0 Å². The van der Waals surface area contributed by atoms with Gasteiger partial charge in [0.25, 0.3) is 0 Å². The zero-order valence-electron chi connectivity index (χ0n) is 5.14. The molecule has 0 aromatic rings. The highest BCUT2D eigenvalue weighted by Gasteiger charge is 2.37. The van der Waals surface area contributed by atoms with Crippen LogP contribution in [0.15, 0.2) is 0 Å². The van der Waals surface area contributed by atoms with Gasteiger partial charge in [-0.3, -0.25) is 0 Å². The van der Waals surface area contributed by atoms with Crippen LogP contribution in [0.3, 0.4) is 0 Å². The Hall–Kier alpha value is -0.230. The second kappa shape index (κ2) is 2.79. The van der Waals surface area contributed by atoms with Crippen molar-refractivity contribution in [3.05, 3.63) is 0 Å². The Morgan fingerprint density at radius 1 is 1.30 bits per heavy atom. The van der Waals surface area contributed by atoms with Gasteiger partial charge in [0.1, 0.15) is 12.2 Å². The summed E-state index contributed by atoms with van der Waals surface area (Å²) in [6.45, 7) is -0.233. The highest BCUT2D eigenvalue weighted by atomic mass is 19.1. The number of hydrogen-bond donors (Lipinski definition) is 3. The zero-order valence-corrected chi connectivity index (χ0v) is 5.14. The van der Waals surface area contributed by atoms with E-state index in [1.807, 2.05) is 0 Å². The molecular weight excluding hydrogens is 143 g/mol. The van der Waals surface area contributed by atoms with Crippen LogP contribution in [0, 0.1) is 0 Å². The molecule has 0 radical (unpaired) electrons. The number of aliphatic hydroxyl groups is 3. The molecule has 0 amide bonds. The van der Waals surface area contributed by atoms with E-state index in [4.69, 9.17) is 15.3 Å². The minimum atomic E-state index is -1.91. The standard InChI is InChI=1S/C5H9FO4/c6-3-4(8)2(7)1-10-5(3)9/h2-5,7-9H,1H2/t2-,3-,4-,5-/m1/s1. The Morgan fingerprint density at radius 3 is 2.40 bits per heavy atom. The van der Waals surface area contributed by atoms with E-state index < -0.39 is 24.7 Å². The lowest BCUT2D eigenvalue weighted by atomic mass is 10.1. The second-order valence-electron chi connectivity index (χ2n) is 2.23. The lowest BCUT2D eigenvalue weighted by Crippen LogP contribution is -2.50. The number of halogens is 1. The predicted octanol–water partition coefficient (Wildman–Crippen LogP) is -1.61. The number of alkyl halides is 1. The average Bonchev–Trinajstić information content (AvgIpc) is 1.93. The molecule has 0 saturated carbocycles. The third-order valence-electron chi connectivity index (χ3n) is 1.43. The summed E-state index contributed by atoms with van der Waals surface area (Å²) in [7, 11) is 0. The average molecular weight is 152 g/mol. The Morgan fingerprint density at radius 2 is 1.90 bits per heavy atom. The molecule has 0 unspecified atom stereocenters. The van der Waals surface area contributed by atoms with Crippen molar-refractivity contribution in [2.45, 2.75) is 24.7 Å². The first-order valence-electron chi connectivity index (χ1n) is 2.93. The van der Waals surface area contributed by atoms with E-state index in [1.165, 1.54) is 0 Å². The molecule has 0 aromatic heterocycles. The molecule has 60 valence electrons. The van der Waals surface area contributed by atoms with Gasteiger partial charge in [0.15, 0.2) is 12.5 Å². The normalized spacial score (nSPS) is 49.2. The molecular formula is C5H9FO4. The fourth-order valence-electron chi connectivity index (χ4n) is 0.769. The molecule has 0 bridgehead atoms. The maximum Gasteiger partial charge on any atom is 0.189 e. The van der Waals surface area contributed by atoms with Crippen molar-refractivity contribution in [2.24, 2.45) is 0 Å². The maximum atomic E-state index is 12.4. The third kappa shape index (κ3) is 1.27. The van der Waals surface area contributed by atoms with Crippen molar-refractivity contribution in [1.29, 1.82) is 0 Å². The summed E-state index contributed by atoms with van der Waals surface area (Å²) in [5, 5.41) is 26.1. The largest absolute Gasteiger partial charge is 0.388 e. The third-order valence-corrected chi connectivity index (χ3v) is 1.43. The summed E-state index contributed by atoms with van der Waals surface area (Å²) in [4.78, 5) is 0. The molecule has 1 heterocycles. The van der Waals surface area contributed by atoms with E-state index in [2.05, 4.69) is 4.74 Å². The van der Waals surface area contributed by atoms with Gasteiger partial charge in [-0.05, 0) is 0 Å². The van der Waals surface area contributed by atoms with Gasteiger partial charge < -0.3 is 20.1 Å². The monoisotopic (exact) mass is 152 g/mol. The van der Waals surface area contributed by atoms with Crippen LogP contribution >= 0.6 is 0 Å². The molecule has 1 rings (SSSR count). The minimum Gasteiger partial charge on any atom is -0.388 e. The van der Waals surface area contributed by atoms with E-state index in [0.717, 1.165) is 0 Å². The molecule has 1 saturated heterocycles. The molecule has 4 nitrogen and oxygen atoms in total. The van der Waals surface area contributed by atoms with Crippen LogP contribution in [-0.2, 0) is 4.74 Å². The molecule has 0 spiro atoms. The molecule has 3 N–H and O–H groups in total. The van der Waals surface area contributed by atoms with Gasteiger partial charge in [-0.2, -0.15) is 0 Å². The lowest BCUT2D eigenvalue weighted by Gasteiger charge is -2.30. The second-order valence-corrected chi connectivity index (χ2v) is 2.23. The fraction of sp³-hybridized carbons (Fsp3) is 1.00. The maximum absolute atomic E-state index is 12.4. The van der Waals surface area contributed by atoms with Crippen LogP contribution in [0.5, 0.6) is 0 Å². The van der Waals surface area contributed by atoms with Crippen molar-refractivity contribution < 1.29 is 24.4 Å². The first-order chi connectivity index (χ1) is 4.63. The highest BCUT2D eigenvalue weighted by Crippen LogP contribution is 2.16. The van der Waals surface area contributed by atoms with Crippen molar-refractivity contribution in [3.63, 3.8) is 0 Å². The van der Waals surface area contributed by atoms with E-state index >= 15 is 0 Å². The van der Waals surface area contributed by atoms with Crippen LogP contribution in [0.1, 0.15) is 0 Å². The minimum absolute atomic E-state index is 0.233. The molecule has 5 heteroatoms. The Kier molecular flexibility index (Phi) is 2.20. The fourth-order valence-corrected chi connectivity index (χ4v) is 0.769. The summed E-state index contributed by atoms with van der Waals surface area (Å²) < 4.78 is 16.8. The van der Waals surface area contributed by atoms with E-state index in [0.29, 0.717) is 0 Å². The summed E-state index contributed by atoms with van der Waals surface area (Å²) in [6, 6.07) is 0. The zero-order chi connectivity index (χ0) is 7.72. The number of aliphatic hydroxyl groups excluding tert-OH is 3. The number of hydrogen-bond acceptors (Lipinski definition) is 4. The Balaban J connectivity index is 2.52. The SMILES string of the molecule is O[C@H]1[C@@H](F)[C@H](O)OC[C@H]1O. The van der Waals surface area contributed by atoms with Gasteiger partial charge in [-0.15, -0.1) is 0 Å². The number of ether oxygens (including phenoxy) is 1. The van der Waals surface area contributed by atoms with Crippen LogP contribution < -0.4 is 0 Å². The number of rotatable bonds is 0. The van der Waals surface area contributed by atoms with Crippen LogP contribution in [0.25, 0.3) is 0 Å². The van der Waals surface area contributed by atoms with Gasteiger partial charge in [0.2, 0.25) is 0 Å². The molecule has 0 aliphatic carbocycles. The van der Waals surface area contributed by atoms with E-state index in [-0.39, 0.29) is 6.61 Å². The van der Waals surface area contributed by atoms with Crippen molar-refractivity contribution in [1.82, 2.24) is 0 Å². The van der Waals surface area contributed by atoms with Crippen LogP contribution in [-0.4, -0.2) is 46.6 Å². The van der Waals surface area contributed by atoms with Gasteiger partial charge in [0, 0.05) is 0 Å². The Bertz CT molecular complexity index is 106. The van der Waals surface area contributed by atoms with Gasteiger partial charge >= 0.3 is 0 Å². The highest BCUT2D eigenvalue weighted by molar-refractivity contribution is 4.81. The first kappa shape index (κ1) is 7.87. The van der Waals surface area contributed by atoms with E-state index in [9.17, 15) is 4.39 Å². The summed E-state index contributed by atoms with van der Waals surface area (Å²) >= 11 is 0. The summed E-state index contributed by atoms with van der Waals surface area (Å²) in [6.07, 6.45) is -6.30. The van der Waals surface area contributed by atoms with Gasteiger partial charge in [0.05, 0.1) is 6.61 Å². The summed E-state index contributed by atoms with van der Waals surface area (Å²) in [5.74, 6) is 0. The lowest BCUT2D eigenvalue weighted by molar-refractivity contribution is -0.233. The van der Waals surface area contributed by atoms with Crippen molar-refractivity contribution in [3.8, 4) is 0 Å². The smallest absolute Gasteiger partial charge is 0.189 e. The molecule has 1 aliphatic heterocycles. The van der Waals surface area contributed by atoms with E-state index in [1.54, 1.807) is 0 Å². The van der Waals surface area contributed by atoms with Crippen LogP contribution in [0.4, 0.5) is 4.39 Å². The molecule has 1 fully saturated rings. The van der Waals surface area contributed by atoms with Gasteiger partial charge in [-0.25, -0.2) is 4.39 Å². The van der Waals surface area contributed by atoms with Crippen LogP contribution in [0.2, 0.25) is 0 Å². The molecule has 1 aliphatic rings. The molecule has 10 heavy (non-hydrogen) atoms. The summed E-state index contributed by atoms with van der Waals surface area (Å²) in [5.41, 5.74) is 0. The van der Waals surface area contributed by atoms with Crippen molar-refractivity contribution in [2.75, 3.05) is 6.61 Å². The van der Waals surface area contributed by atoms with Gasteiger partial charge in [-0.1, -0.05) is 0 Å². The first-order valence-corrected chi connectivity index (χ1v) is 2.93. The Labute approximate surface area is 56.9 Å². The molecule has 0 aromatic carbocycles. The molecule has 4 atom stereocenters. The quantitative estimate of drug-likeness (QED) is 0.391. The topological polar surface area (TPSA) is 69.9 Å².